The van der Waals surface area contributed by atoms with Crippen LogP contribution in [0.5, 0.6) is 0 Å². The zero-order valence-corrected chi connectivity index (χ0v) is 13.0. The fourth-order valence-electron chi connectivity index (χ4n) is 3.36. The van der Waals surface area contributed by atoms with E-state index in [-0.39, 0.29) is 5.54 Å². The van der Waals surface area contributed by atoms with Crippen molar-refractivity contribution < 1.29 is 0 Å². The Bertz CT molecular complexity index is 616. The van der Waals surface area contributed by atoms with E-state index in [0.717, 1.165) is 31.4 Å². The summed E-state index contributed by atoms with van der Waals surface area (Å²) in [6.07, 6.45) is 7.36. The van der Waals surface area contributed by atoms with Crippen LogP contribution in [-0.2, 0) is 18.4 Å². The highest BCUT2D eigenvalue weighted by molar-refractivity contribution is 5.36. The van der Waals surface area contributed by atoms with Gasteiger partial charge in [0.1, 0.15) is 0 Å². The van der Waals surface area contributed by atoms with Crippen LogP contribution in [0.2, 0.25) is 0 Å². The number of nitrogens with zero attached hydrogens (tertiary/aromatic N) is 2. The number of fused-ring (bicyclic) bond motifs is 1. The Kier molecular flexibility index (Phi) is 3.85. The van der Waals surface area contributed by atoms with Crippen LogP contribution in [0.4, 0.5) is 0 Å². The second-order valence-corrected chi connectivity index (χ2v) is 6.39. The predicted octanol–water partition coefficient (Wildman–Crippen LogP) is 3.59. The van der Waals surface area contributed by atoms with Gasteiger partial charge in [0.2, 0.25) is 0 Å². The van der Waals surface area contributed by atoms with Gasteiger partial charge in [0, 0.05) is 24.2 Å². The summed E-state index contributed by atoms with van der Waals surface area (Å²) >= 11 is 0. The van der Waals surface area contributed by atoms with Crippen LogP contribution >= 0.6 is 0 Å². The molecular weight excluding hydrogens is 258 g/mol. The third-order valence-corrected chi connectivity index (χ3v) is 4.83. The Morgan fingerprint density at radius 3 is 2.95 bits per heavy atom. The molecule has 2 unspecified atom stereocenters. The molecule has 112 valence electrons. The average Bonchev–Trinajstić information content (AvgIpc) is 2.95. The maximum atomic E-state index is 6.77. The first-order valence-electron chi connectivity index (χ1n) is 8.03. The van der Waals surface area contributed by atoms with Gasteiger partial charge in [-0.2, -0.15) is 5.10 Å². The van der Waals surface area contributed by atoms with E-state index in [1.807, 2.05) is 0 Å². The van der Waals surface area contributed by atoms with Crippen LogP contribution in [-0.4, -0.2) is 9.78 Å². The van der Waals surface area contributed by atoms with Gasteiger partial charge in [-0.05, 0) is 49.8 Å². The summed E-state index contributed by atoms with van der Waals surface area (Å²) in [5.41, 5.74) is 10.3. The lowest BCUT2D eigenvalue weighted by Gasteiger charge is -2.35. The number of benzene rings is 1. The van der Waals surface area contributed by atoms with Crippen molar-refractivity contribution in [3.8, 4) is 0 Å². The summed E-state index contributed by atoms with van der Waals surface area (Å²) < 4.78 is 2.06. The molecule has 0 amide bonds. The van der Waals surface area contributed by atoms with Crippen LogP contribution in [0.25, 0.3) is 0 Å². The summed E-state index contributed by atoms with van der Waals surface area (Å²) in [5, 5.41) is 4.73. The summed E-state index contributed by atoms with van der Waals surface area (Å²) in [5.74, 6) is 0. The zero-order chi connectivity index (χ0) is 14.9. The van der Waals surface area contributed by atoms with Crippen molar-refractivity contribution >= 4 is 0 Å². The number of aromatic nitrogens is 2. The van der Waals surface area contributed by atoms with E-state index in [1.165, 1.54) is 17.5 Å². The third-order valence-electron chi connectivity index (χ3n) is 4.83. The molecule has 0 radical (unpaired) electrons. The van der Waals surface area contributed by atoms with E-state index in [1.54, 1.807) is 0 Å². The second kappa shape index (κ2) is 5.64. The van der Waals surface area contributed by atoms with Crippen LogP contribution in [0, 0.1) is 0 Å². The molecule has 1 heterocycles. The minimum Gasteiger partial charge on any atom is -0.321 e. The summed E-state index contributed by atoms with van der Waals surface area (Å²) in [6, 6.07) is 11.2. The molecule has 0 fully saturated rings. The molecule has 0 saturated heterocycles. The molecule has 3 nitrogen and oxygen atoms in total. The SMILES string of the molecule is CCC(C)n1ccc(CC2(N)CCCc3ccccc32)n1. The molecule has 0 aliphatic heterocycles. The molecule has 2 atom stereocenters. The summed E-state index contributed by atoms with van der Waals surface area (Å²) in [6.45, 7) is 4.39. The van der Waals surface area contributed by atoms with Crippen LogP contribution in [0.15, 0.2) is 36.5 Å². The zero-order valence-electron chi connectivity index (χ0n) is 13.0. The van der Waals surface area contributed by atoms with Gasteiger partial charge in [-0.3, -0.25) is 4.68 Å². The highest BCUT2D eigenvalue weighted by Crippen LogP contribution is 2.35. The Labute approximate surface area is 127 Å². The first-order chi connectivity index (χ1) is 10.1. The molecule has 2 N–H and O–H groups in total. The minimum absolute atomic E-state index is 0.260. The van der Waals surface area contributed by atoms with Crippen LogP contribution in [0.1, 0.15) is 56.0 Å². The van der Waals surface area contributed by atoms with Crippen molar-refractivity contribution in [2.24, 2.45) is 5.73 Å². The normalized spacial score (nSPS) is 22.8. The van der Waals surface area contributed by atoms with Gasteiger partial charge in [-0.1, -0.05) is 31.2 Å². The first kappa shape index (κ1) is 14.3. The number of hydrogen-bond acceptors (Lipinski definition) is 2. The van der Waals surface area contributed by atoms with Gasteiger partial charge in [0.25, 0.3) is 0 Å². The number of hydrogen-bond donors (Lipinski definition) is 1. The summed E-state index contributed by atoms with van der Waals surface area (Å²) in [4.78, 5) is 0. The molecule has 1 aliphatic carbocycles. The topological polar surface area (TPSA) is 43.8 Å². The van der Waals surface area contributed by atoms with E-state index in [9.17, 15) is 0 Å². The molecule has 21 heavy (non-hydrogen) atoms. The van der Waals surface area contributed by atoms with E-state index in [4.69, 9.17) is 10.8 Å². The molecule has 3 rings (SSSR count). The van der Waals surface area contributed by atoms with E-state index in [2.05, 4.69) is 55.1 Å². The lowest BCUT2D eigenvalue weighted by Crippen LogP contribution is -2.42. The Morgan fingerprint density at radius 1 is 1.33 bits per heavy atom. The van der Waals surface area contributed by atoms with Crippen molar-refractivity contribution in [3.05, 3.63) is 53.3 Å². The molecule has 1 aromatic carbocycles. The molecule has 3 heteroatoms. The Balaban J connectivity index is 1.86. The standard InChI is InChI=1S/C18H25N3/c1-3-14(2)21-12-10-16(20-21)13-18(19)11-6-8-15-7-4-5-9-17(15)18/h4-5,7,9-10,12,14H,3,6,8,11,13,19H2,1-2H3. The molecular formula is C18H25N3. The molecule has 1 aromatic heterocycles. The van der Waals surface area contributed by atoms with Gasteiger partial charge in [-0.25, -0.2) is 0 Å². The van der Waals surface area contributed by atoms with Crippen molar-refractivity contribution in [2.75, 3.05) is 0 Å². The molecule has 1 aliphatic rings. The maximum absolute atomic E-state index is 6.77. The molecule has 2 aromatic rings. The molecule has 0 saturated carbocycles. The van der Waals surface area contributed by atoms with Gasteiger partial charge in [0.15, 0.2) is 0 Å². The van der Waals surface area contributed by atoms with Gasteiger partial charge >= 0.3 is 0 Å². The van der Waals surface area contributed by atoms with Crippen molar-refractivity contribution in [3.63, 3.8) is 0 Å². The lowest BCUT2D eigenvalue weighted by molar-refractivity contribution is 0.362. The largest absolute Gasteiger partial charge is 0.321 e. The maximum Gasteiger partial charge on any atom is 0.0646 e. The molecule has 0 spiro atoms. The summed E-state index contributed by atoms with van der Waals surface area (Å²) in [7, 11) is 0. The molecule has 0 bridgehead atoms. The number of aryl methyl sites for hydroxylation is 1. The van der Waals surface area contributed by atoms with Crippen molar-refractivity contribution in [1.29, 1.82) is 0 Å². The first-order valence-corrected chi connectivity index (χ1v) is 8.03. The van der Waals surface area contributed by atoms with Gasteiger partial charge < -0.3 is 5.73 Å². The monoisotopic (exact) mass is 283 g/mol. The fraction of sp³-hybridized carbons (Fsp3) is 0.500. The number of rotatable bonds is 4. The van der Waals surface area contributed by atoms with Crippen LogP contribution in [0.3, 0.4) is 0 Å². The van der Waals surface area contributed by atoms with Gasteiger partial charge in [0.05, 0.1) is 5.69 Å². The Morgan fingerprint density at radius 2 is 2.14 bits per heavy atom. The fourth-order valence-corrected chi connectivity index (χ4v) is 3.36. The second-order valence-electron chi connectivity index (χ2n) is 6.39. The van der Waals surface area contributed by atoms with Crippen molar-refractivity contribution in [2.45, 2.75) is 57.5 Å². The smallest absolute Gasteiger partial charge is 0.0646 e. The quantitative estimate of drug-likeness (QED) is 0.932. The predicted molar refractivity (Wildman–Crippen MR) is 86.2 cm³/mol. The van der Waals surface area contributed by atoms with Crippen molar-refractivity contribution in [1.82, 2.24) is 9.78 Å². The number of nitrogens with two attached hydrogens (primary N) is 1. The highest BCUT2D eigenvalue weighted by atomic mass is 15.3. The van der Waals surface area contributed by atoms with E-state index >= 15 is 0 Å². The van der Waals surface area contributed by atoms with Crippen LogP contribution < -0.4 is 5.73 Å². The minimum atomic E-state index is -0.260. The van der Waals surface area contributed by atoms with Gasteiger partial charge in [-0.15, -0.1) is 0 Å². The lowest BCUT2D eigenvalue weighted by atomic mass is 9.75. The van der Waals surface area contributed by atoms with E-state index < -0.39 is 0 Å². The Hall–Kier alpha value is -1.61. The van der Waals surface area contributed by atoms with E-state index in [0.29, 0.717) is 6.04 Å². The highest BCUT2D eigenvalue weighted by Gasteiger charge is 2.33. The average molecular weight is 283 g/mol. The third kappa shape index (κ3) is 2.75.